The molecule has 0 bridgehead atoms. The van der Waals surface area contributed by atoms with Crippen LogP contribution in [-0.4, -0.2) is 42.8 Å². The minimum atomic E-state index is -0.676. The Bertz CT molecular complexity index is 1380. The van der Waals surface area contributed by atoms with Gasteiger partial charge >= 0.3 is 0 Å². The van der Waals surface area contributed by atoms with E-state index in [1.807, 2.05) is 25.1 Å². The van der Waals surface area contributed by atoms with Gasteiger partial charge in [-0.1, -0.05) is 6.07 Å². The molecule has 2 aliphatic heterocycles. The number of rotatable bonds is 4. The van der Waals surface area contributed by atoms with Crippen LogP contribution in [0.15, 0.2) is 55.1 Å². The van der Waals surface area contributed by atoms with Gasteiger partial charge in [-0.15, -0.1) is 0 Å². The molecule has 5 heterocycles. The summed E-state index contributed by atoms with van der Waals surface area (Å²) in [6.45, 7) is 3.10. The fraction of sp³-hybridized carbons (Fsp3) is 0.250. The van der Waals surface area contributed by atoms with Crippen molar-refractivity contribution in [3.05, 3.63) is 77.5 Å². The number of aliphatic hydroxyl groups is 1. The normalized spacial score (nSPS) is 18.8. The number of pyridine rings is 1. The zero-order valence-corrected chi connectivity index (χ0v) is 18.0. The molecular formula is C24H22N6O3. The van der Waals surface area contributed by atoms with E-state index in [1.54, 1.807) is 29.2 Å². The number of aromatic nitrogens is 4. The first-order chi connectivity index (χ1) is 16.0. The standard InChI is InChI=1S/C24H22N6O3/c1-24(14-31)10-16-8-18(28-23(32)17-11-27-30-7-3-6-26-22(17)30)20(9-21(16)33-24)29-12-15-4-2-5-25-19(15)13-29/h2-9,11,31H,10,12-14H2,1H3,(H,28,32)/t24-/m1/s1. The maximum atomic E-state index is 13.3. The molecule has 0 aliphatic carbocycles. The molecule has 9 heteroatoms. The number of amides is 1. The number of ether oxygens (including phenoxy) is 1. The van der Waals surface area contributed by atoms with Gasteiger partial charge < -0.3 is 20.1 Å². The number of carbonyl (C=O) groups is 1. The van der Waals surface area contributed by atoms with Gasteiger partial charge in [0.2, 0.25) is 0 Å². The third-order valence-electron chi connectivity index (χ3n) is 6.23. The van der Waals surface area contributed by atoms with Gasteiger partial charge in [0.1, 0.15) is 16.9 Å². The minimum absolute atomic E-state index is 0.0914. The lowest BCUT2D eigenvalue weighted by molar-refractivity contribution is 0.0447. The molecular weight excluding hydrogens is 420 g/mol. The lowest BCUT2D eigenvalue weighted by atomic mass is 9.99. The Morgan fingerprint density at radius 1 is 1.21 bits per heavy atom. The topological polar surface area (TPSA) is 105 Å². The van der Waals surface area contributed by atoms with Crippen LogP contribution in [0.3, 0.4) is 0 Å². The van der Waals surface area contributed by atoms with E-state index in [4.69, 9.17) is 4.74 Å². The SMILES string of the molecule is C[C@]1(CO)Cc2cc(NC(=O)c3cnn4cccnc34)c(N3Cc4cccnc4C3)cc2O1. The Morgan fingerprint density at radius 3 is 2.94 bits per heavy atom. The fourth-order valence-corrected chi connectivity index (χ4v) is 4.55. The molecule has 33 heavy (non-hydrogen) atoms. The molecule has 0 spiro atoms. The van der Waals surface area contributed by atoms with Crippen LogP contribution < -0.4 is 15.0 Å². The van der Waals surface area contributed by atoms with E-state index in [-0.39, 0.29) is 12.5 Å². The molecule has 0 saturated carbocycles. The second kappa shape index (κ2) is 7.28. The highest BCUT2D eigenvalue weighted by Gasteiger charge is 2.36. The highest BCUT2D eigenvalue weighted by molar-refractivity contribution is 6.09. The number of nitrogens with zero attached hydrogens (tertiary/aromatic N) is 5. The van der Waals surface area contributed by atoms with E-state index in [0.717, 1.165) is 28.3 Å². The summed E-state index contributed by atoms with van der Waals surface area (Å²) >= 11 is 0. The van der Waals surface area contributed by atoms with Crippen molar-refractivity contribution in [1.29, 1.82) is 0 Å². The highest BCUT2D eigenvalue weighted by atomic mass is 16.5. The Balaban J connectivity index is 1.39. The lowest BCUT2D eigenvalue weighted by Crippen LogP contribution is -2.34. The quantitative estimate of drug-likeness (QED) is 0.501. The largest absolute Gasteiger partial charge is 0.484 e. The number of anilines is 2. The van der Waals surface area contributed by atoms with E-state index in [1.165, 1.54) is 6.20 Å². The van der Waals surface area contributed by atoms with Crippen LogP contribution in [0.5, 0.6) is 5.75 Å². The van der Waals surface area contributed by atoms with Gasteiger partial charge in [0.05, 0.1) is 36.4 Å². The Labute approximate surface area is 189 Å². The zero-order chi connectivity index (χ0) is 22.6. The second-order valence-corrected chi connectivity index (χ2v) is 8.73. The van der Waals surface area contributed by atoms with Gasteiger partial charge in [0, 0.05) is 43.2 Å². The molecule has 0 saturated heterocycles. The van der Waals surface area contributed by atoms with Crippen molar-refractivity contribution in [2.45, 2.75) is 32.0 Å². The summed E-state index contributed by atoms with van der Waals surface area (Å²) in [5.41, 5.74) is 4.84. The summed E-state index contributed by atoms with van der Waals surface area (Å²) in [4.78, 5) is 24.2. The third kappa shape index (κ3) is 3.28. The maximum absolute atomic E-state index is 13.3. The van der Waals surface area contributed by atoms with Gasteiger partial charge in [-0.3, -0.25) is 9.78 Å². The summed E-state index contributed by atoms with van der Waals surface area (Å²) < 4.78 is 7.65. The van der Waals surface area contributed by atoms with Crippen LogP contribution >= 0.6 is 0 Å². The molecule has 2 aliphatic rings. The van der Waals surface area contributed by atoms with Crippen molar-refractivity contribution in [2.75, 3.05) is 16.8 Å². The Hall–Kier alpha value is -3.98. The smallest absolute Gasteiger partial charge is 0.261 e. The molecule has 2 N–H and O–H groups in total. The first-order valence-electron chi connectivity index (χ1n) is 10.8. The van der Waals surface area contributed by atoms with E-state index in [0.29, 0.717) is 36.4 Å². The number of benzene rings is 1. The molecule has 1 atom stereocenters. The molecule has 0 radical (unpaired) electrons. The minimum Gasteiger partial charge on any atom is -0.484 e. The van der Waals surface area contributed by atoms with Crippen LogP contribution in [0, 0.1) is 0 Å². The van der Waals surface area contributed by atoms with E-state index < -0.39 is 5.60 Å². The molecule has 3 aromatic heterocycles. The number of aliphatic hydroxyl groups excluding tert-OH is 1. The number of carbonyl (C=O) groups excluding carboxylic acids is 1. The molecule has 6 rings (SSSR count). The molecule has 4 aromatic rings. The first-order valence-corrected chi connectivity index (χ1v) is 10.8. The van der Waals surface area contributed by atoms with Crippen LogP contribution in [0.25, 0.3) is 5.65 Å². The summed E-state index contributed by atoms with van der Waals surface area (Å²) in [6.07, 6.45) is 7.26. The monoisotopic (exact) mass is 442 g/mol. The Kier molecular flexibility index (Phi) is 4.34. The maximum Gasteiger partial charge on any atom is 0.261 e. The molecule has 0 unspecified atom stereocenters. The number of hydrogen-bond donors (Lipinski definition) is 2. The van der Waals surface area contributed by atoms with Crippen LogP contribution in [0.1, 0.15) is 34.1 Å². The van der Waals surface area contributed by atoms with E-state index in [2.05, 4.69) is 31.3 Å². The predicted octanol–water partition coefficient (Wildman–Crippen LogP) is 2.58. The van der Waals surface area contributed by atoms with Gasteiger partial charge in [0.15, 0.2) is 5.65 Å². The average molecular weight is 442 g/mol. The van der Waals surface area contributed by atoms with Gasteiger partial charge in [-0.05, 0) is 30.7 Å². The van der Waals surface area contributed by atoms with Crippen molar-refractivity contribution in [2.24, 2.45) is 0 Å². The highest BCUT2D eigenvalue weighted by Crippen LogP contribution is 2.43. The van der Waals surface area contributed by atoms with Crippen molar-refractivity contribution < 1.29 is 14.6 Å². The number of nitrogens with one attached hydrogen (secondary N) is 1. The number of hydrogen-bond acceptors (Lipinski definition) is 7. The third-order valence-corrected chi connectivity index (χ3v) is 6.23. The molecule has 166 valence electrons. The summed E-state index contributed by atoms with van der Waals surface area (Å²) in [5, 5.41) is 17.1. The molecule has 9 nitrogen and oxygen atoms in total. The summed E-state index contributed by atoms with van der Waals surface area (Å²) in [6, 6.07) is 9.66. The van der Waals surface area contributed by atoms with Crippen LogP contribution in [0.4, 0.5) is 11.4 Å². The summed E-state index contributed by atoms with van der Waals surface area (Å²) in [5.74, 6) is 0.435. The van der Waals surface area contributed by atoms with Crippen LogP contribution in [0.2, 0.25) is 0 Å². The second-order valence-electron chi connectivity index (χ2n) is 8.73. The number of fused-ring (bicyclic) bond motifs is 3. The van der Waals surface area contributed by atoms with E-state index in [9.17, 15) is 9.90 Å². The molecule has 0 fully saturated rings. The van der Waals surface area contributed by atoms with Gasteiger partial charge in [0.25, 0.3) is 5.91 Å². The van der Waals surface area contributed by atoms with Crippen molar-refractivity contribution in [1.82, 2.24) is 19.6 Å². The van der Waals surface area contributed by atoms with Crippen molar-refractivity contribution >= 4 is 22.9 Å². The van der Waals surface area contributed by atoms with Crippen molar-refractivity contribution in [3.63, 3.8) is 0 Å². The first kappa shape index (κ1) is 19.7. The van der Waals surface area contributed by atoms with E-state index >= 15 is 0 Å². The van der Waals surface area contributed by atoms with Gasteiger partial charge in [-0.2, -0.15) is 5.10 Å². The van der Waals surface area contributed by atoms with Crippen LogP contribution in [-0.2, 0) is 19.5 Å². The Morgan fingerprint density at radius 2 is 2.09 bits per heavy atom. The molecule has 1 amide bonds. The predicted molar refractivity (Wildman–Crippen MR) is 121 cm³/mol. The van der Waals surface area contributed by atoms with Gasteiger partial charge in [-0.25, -0.2) is 9.50 Å². The lowest BCUT2D eigenvalue weighted by Gasteiger charge is -2.23. The average Bonchev–Trinajstić information content (AvgIpc) is 3.52. The zero-order valence-electron chi connectivity index (χ0n) is 18.0. The fourth-order valence-electron chi connectivity index (χ4n) is 4.55. The van der Waals surface area contributed by atoms with Crippen molar-refractivity contribution in [3.8, 4) is 5.75 Å². The molecule has 1 aromatic carbocycles. The summed E-state index contributed by atoms with van der Waals surface area (Å²) in [7, 11) is 0.